The average Bonchev–Trinajstić information content (AvgIpc) is 2.73. The molecule has 0 fully saturated rings. The molecule has 1 N–H and O–H groups in total. The van der Waals surface area contributed by atoms with Crippen molar-refractivity contribution in [3.63, 3.8) is 0 Å². The largest absolute Gasteiger partial charge is 0.348 e. The maximum absolute atomic E-state index is 13.3. The van der Waals surface area contributed by atoms with E-state index in [2.05, 4.69) is 5.32 Å². The van der Waals surface area contributed by atoms with E-state index >= 15 is 0 Å². The van der Waals surface area contributed by atoms with E-state index in [4.69, 9.17) is 0 Å². The molecule has 0 spiro atoms. The Hall–Kier alpha value is -3.12. The minimum absolute atomic E-state index is 0.149. The maximum Gasteiger partial charge on any atom is 0.264 e. The summed E-state index contributed by atoms with van der Waals surface area (Å²) in [5.41, 5.74) is 3.50. The van der Waals surface area contributed by atoms with E-state index in [1.165, 1.54) is 0 Å². The first-order valence-corrected chi connectivity index (χ1v) is 11.2. The van der Waals surface area contributed by atoms with E-state index < -0.39 is 10.0 Å². The summed E-state index contributed by atoms with van der Waals surface area (Å²) in [6.45, 7) is 5.46. The number of carbonyl (C=O) groups is 1. The quantitative estimate of drug-likeness (QED) is 0.615. The predicted octanol–water partition coefficient (Wildman–Crippen LogP) is 4.38. The van der Waals surface area contributed by atoms with E-state index in [0.29, 0.717) is 5.69 Å². The molecule has 0 unspecified atom stereocenters. The second-order valence-electron chi connectivity index (χ2n) is 7.36. The number of para-hydroxylation sites is 1. The van der Waals surface area contributed by atoms with Gasteiger partial charge in [0.05, 0.1) is 16.6 Å². The van der Waals surface area contributed by atoms with Crippen LogP contribution in [0.5, 0.6) is 0 Å². The van der Waals surface area contributed by atoms with Gasteiger partial charge in [-0.2, -0.15) is 0 Å². The van der Waals surface area contributed by atoms with Crippen molar-refractivity contribution < 1.29 is 13.2 Å². The van der Waals surface area contributed by atoms with Crippen molar-refractivity contribution >= 4 is 21.6 Å². The number of rotatable bonds is 7. The molecule has 3 rings (SSSR count). The summed E-state index contributed by atoms with van der Waals surface area (Å²) in [6, 6.07) is 22.9. The third-order valence-corrected chi connectivity index (χ3v) is 6.68. The number of hydrogen-bond donors (Lipinski definition) is 1. The van der Waals surface area contributed by atoms with Gasteiger partial charge in [-0.3, -0.25) is 9.10 Å². The van der Waals surface area contributed by atoms with Crippen LogP contribution in [0.4, 0.5) is 5.69 Å². The first-order valence-electron chi connectivity index (χ1n) is 9.78. The molecule has 0 aliphatic carbocycles. The highest BCUT2D eigenvalue weighted by molar-refractivity contribution is 7.92. The van der Waals surface area contributed by atoms with Gasteiger partial charge in [0.25, 0.3) is 10.0 Å². The Bertz CT molecular complexity index is 1090. The normalized spacial score (nSPS) is 12.2. The fourth-order valence-corrected chi connectivity index (χ4v) is 4.52. The van der Waals surface area contributed by atoms with E-state index in [-0.39, 0.29) is 23.4 Å². The number of nitrogens with one attached hydrogen (secondary N) is 1. The van der Waals surface area contributed by atoms with Gasteiger partial charge in [-0.25, -0.2) is 8.42 Å². The number of aryl methyl sites for hydroxylation is 2. The summed E-state index contributed by atoms with van der Waals surface area (Å²) in [4.78, 5) is 12.9. The molecule has 0 heterocycles. The van der Waals surface area contributed by atoms with Gasteiger partial charge in [-0.05, 0) is 50.6 Å². The van der Waals surface area contributed by atoms with Crippen molar-refractivity contribution in [1.29, 1.82) is 0 Å². The average molecular weight is 423 g/mol. The lowest BCUT2D eigenvalue weighted by atomic mass is 10.1. The monoisotopic (exact) mass is 422 g/mol. The van der Waals surface area contributed by atoms with Gasteiger partial charge >= 0.3 is 0 Å². The van der Waals surface area contributed by atoms with Crippen LogP contribution in [-0.2, 0) is 14.8 Å². The number of sulfonamides is 1. The summed E-state index contributed by atoms with van der Waals surface area (Å²) in [7, 11) is -3.90. The Labute approximate surface area is 178 Å². The first kappa shape index (κ1) is 21.6. The molecule has 0 aliphatic heterocycles. The van der Waals surface area contributed by atoms with Crippen LogP contribution in [0, 0.1) is 13.8 Å². The summed E-state index contributed by atoms with van der Waals surface area (Å²) < 4.78 is 27.8. The lowest BCUT2D eigenvalue weighted by molar-refractivity contribution is -0.120. The molecule has 1 amide bonds. The van der Waals surface area contributed by atoms with Crippen LogP contribution in [0.2, 0.25) is 0 Å². The molecule has 0 saturated heterocycles. The minimum atomic E-state index is -3.90. The Kier molecular flexibility index (Phi) is 6.57. The molecule has 3 aromatic carbocycles. The fraction of sp³-hybridized carbons (Fsp3) is 0.208. The van der Waals surface area contributed by atoms with Crippen molar-refractivity contribution in [1.82, 2.24) is 5.32 Å². The first-order chi connectivity index (χ1) is 14.3. The van der Waals surface area contributed by atoms with Crippen LogP contribution < -0.4 is 9.62 Å². The number of nitrogens with zero attached hydrogens (tertiary/aromatic N) is 1. The van der Waals surface area contributed by atoms with Crippen LogP contribution in [0.15, 0.2) is 83.8 Å². The molecule has 0 saturated carbocycles. The summed E-state index contributed by atoms with van der Waals surface area (Å²) in [6.07, 6.45) is 0. The number of hydrogen-bond acceptors (Lipinski definition) is 3. The van der Waals surface area contributed by atoms with E-state index in [0.717, 1.165) is 21.0 Å². The van der Waals surface area contributed by atoms with Gasteiger partial charge in [-0.1, -0.05) is 65.7 Å². The standard InChI is InChI=1S/C24H26N2O3S/c1-18-9-13-21(14-10-18)20(3)25-24(27)17-26(22-7-5-4-6-8-22)30(28,29)23-15-11-19(2)12-16-23/h4-16,20H,17H2,1-3H3,(H,25,27)/t20-/m0/s1. The van der Waals surface area contributed by atoms with Gasteiger partial charge in [0.15, 0.2) is 0 Å². The Morgan fingerprint density at radius 3 is 1.97 bits per heavy atom. The number of anilines is 1. The third-order valence-electron chi connectivity index (χ3n) is 4.90. The molecule has 30 heavy (non-hydrogen) atoms. The molecule has 5 nitrogen and oxygen atoms in total. The van der Waals surface area contributed by atoms with E-state index in [9.17, 15) is 13.2 Å². The summed E-state index contributed by atoms with van der Waals surface area (Å²) >= 11 is 0. The van der Waals surface area contributed by atoms with Gasteiger partial charge in [0.1, 0.15) is 6.54 Å². The van der Waals surface area contributed by atoms with Crippen molar-refractivity contribution in [2.75, 3.05) is 10.8 Å². The van der Waals surface area contributed by atoms with Crippen molar-refractivity contribution in [3.05, 3.63) is 95.6 Å². The molecule has 3 aromatic rings. The van der Waals surface area contributed by atoms with E-state index in [1.54, 1.807) is 54.6 Å². The van der Waals surface area contributed by atoms with Crippen molar-refractivity contribution in [2.45, 2.75) is 31.7 Å². The van der Waals surface area contributed by atoms with Gasteiger partial charge in [-0.15, -0.1) is 0 Å². The molecule has 0 aliphatic rings. The molecule has 0 aromatic heterocycles. The zero-order valence-corrected chi connectivity index (χ0v) is 18.2. The second kappa shape index (κ2) is 9.13. The number of amides is 1. The molecule has 0 radical (unpaired) electrons. The number of carbonyl (C=O) groups excluding carboxylic acids is 1. The lowest BCUT2D eigenvalue weighted by Crippen LogP contribution is -2.41. The Morgan fingerprint density at radius 2 is 1.40 bits per heavy atom. The summed E-state index contributed by atoms with van der Waals surface area (Å²) in [5, 5.41) is 2.90. The Morgan fingerprint density at radius 1 is 0.867 bits per heavy atom. The lowest BCUT2D eigenvalue weighted by Gasteiger charge is -2.25. The maximum atomic E-state index is 13.3. The fourth-order valence-electron chi connectivity index (χ4n) is 3.10. The minimum Gasteiger partial charge on any atom is -0.348 e. The van der Waals surface area contributed by atoms with Crippen LogP contribution in [0.1, 0.15) is 29.7 Å². The van der Waals surface area contributed by atoms with Crippen LogP contribution in [0.25, 0.3) is 0 Å². The molecule has 1 atom stereocenters. The van der Waals surface area contributed by atoms with Crippen molar-refractivity contribution in [3.8, 4) is 0 Å². The topological polar surface area (TPSA) is 66.5 Å². The molecule has 0 bridgehead atoms. The SMILES string of the molecule is Cc1ccc([C@H](C)NC(=O)CN(c2ccccc2)S(=O)(=O)c2ccc(C)cc2)cc1. The zero-order valence-electron chi connectivity index (χ0n) is 17.4. The van der Waals surface area contributed by atoms with Crippen LogP contribution in [-0.4, -0.2) is 20.9 Å². The van der Waals surface area contributed by atoms with E-state index in [1.807, 2.05) is 45.0 Å². The van der Waals surface area contributed by atoms with Crippen molar-refractivity contribution in [2.24, 2.45) is 0 Å². The second-order valence-corrected chi connectivity index (χ2v) is 9.22. The molecule has 6 heteroatoms. The molecule has 156 valence electrons. The Balaban J connectivity index is 1.85. The molecular weight excluding hydrogens is 396 g/mol. The highest BCUT2D eigenvalue weighted by Crippen LogP contribution is 2.24. The summed E-state index contributed by atoms with van der Waals surface area (Å²) in [5.74, 6) is -0.373. The zero-order chi connectivity index (χ0) is 21.7. The van der Waals surface area contributed by atoms with Gasteiger partial charge < -0.3 is 5.32 Å². The smallest absolute Gasteiger partial charge is 0.264 e. The highest BCUT2D eigenvalue weighted by atomic mass is 32.2. The van der Waals surface area contributed by atoms with Crippen LogP contribution >= 0.6 is 0 Å². The predicted molar refractivity (Wildman–Crippen MR) is 120 cm³/mol. The van der Waals surface area contributed by atoms with Crippen LogP contribution in [0.3, 0.4) is 0 Å². The number of benzene rings is 3. The highest BCUT2D eigenvalue weighted by Gasteiger charge is 2.27. The molecular formula is C24H26N2O3S. The van der Waals surface area contributed by atoms with Gasteiger partial charge in [0, 0.05) is 0 Å². The van der Waals surface area contributed by atoms with Gasteiger partial charge in [0.2, 0.25) is 5.91 Å². The third kappa shape index (κ3) is 5.07.